The number of hydrogen-bond acceptors (Lipinski definition) is 1. The smallest absolute Gasteiger partial charge is 0.228 e. The highest BCUT2D eigenvalue weighted by atomic mass is 16.2. The van der Waals surface area contributed by atoms with Crippen molar-refractivity contribution < 1.29 is 9.69 Å². The van der Waals surface area contributed by atoms with Gasteiger partial charge in [0.15, 0.2) is 0 Å². The van der Waals surface area contributed by atoms with Gasteiger partial charge in [-0.1, -0.05) is 81.4 Å². The molecule has 1 amide bonds. The summed E-state index contributed by atoms with van der Waals surface area (Å²) in [5.41, 5.74) is 2.40. The summed E-state index contributed by atoms with van der Waals surface area (Å²) < 4.78 is 0. The van der Waals surface area contributed by atoms with Crippen LogP contribution in [0.1, 0.15) is 37.9 Å². The van der Waals surface area contributed by atoms with Gasteiger partial charge in [-0.05, 0) is 0 Å². The van der Waals surface area contributed by atoms with E-state index in [1.807, 2.05) is 25.7 Å². The summed E-state index contributed by atoms with van der Waals surface area (Å²) >= 11 is 0. The van der Waals surface area contributed by atoms with Crippen molar-refractivity contribution in [3.05, 3.63) is 71.8 Å². The molecule has 1 fully saturated rings. The van der Waals surface area contributed by atoms with Gasteiger partial charge in [0.05, 0.1) is 26.2 Å². The molecule has 25 heavy (non-hydrogen) atoms. The summed E-state index contributed by atoms with van der Waals surface area (Å²) in [4.78, 5) is 16.1. The Hall–Kier alpha value is -2.13. The summed E-state index contributed by atoms with van der Waals surface area (Å²) in [6.07, 6.45) is 0. The molecule has 0 bridgehead atoms. The molecule has 0 aromatic heterocycles. The van der Waals surface area contributed by atoms with Crippen LogP contribution in [0.2, 0.25) is 0 Å². The number of benzene rings is 2. The van der Waals surface area contributed by atoms with Crippen LogP contribution < -0.4 is 4.90 Å². The average Bonchev–Trinajstić information content (AvgIpc) is 2.63. The molecule has 3 heteroatoms. The van der Waals surface area contributed by atoms with Crippen LogP contribution in [0, 0.1) is 5.41 Å². The van der Waals surface area contributed by atoms with Gasteiger partial charge in [0.2, 0.25) is 5.91 Å². The molecular formula is C22H29N2O+. The first-order valence-corrected chi connectivity index (χ1v) is 9.20. The number of nitrogens with one attached hydrogen (secondary N) is 1. The predicted octanol–water partition coefficient (Wildman–Crippen LogP) is 2.55. The Morgan fingerprint density at radius 2 is 1.32 bits per heavy atom. The van der Waals surface area contributed by atoms with E-state index in [2.05, 4.69) is 60.7 Å². The van der Waals surface area contributed by atoms with Gasteiger partial charge in [0, 0.05) is 16.5 Å². The molecular weight excluding hydrogens is 308 g/mol. The zero-order valence-electron chi connectivity index (χ0n) is 15.5. The standard InChI is InChI=1S/C22H28N2O/c1-22(2,3)21(25)24-16-14-23(15-17-24)20(18-10-6-4-7-11-18)19-12-8-5-9-13-19/h4-13,20H,14-17H2,1-3H3/p+1. The van der Waals surface area contributed by atoms with E-state index >= 15 is 0 Å². The highest BCUT2D eigenvalue weighted by Crippen LogP contribution is 2.20. The molecule has 1 heterocycles. The molecule has 2 aromatic carbocycles. The normalized spacial score (nSPS) is 16.2. The molecule has 132 valence electrons. The molecule has 3 nitrogen and oxygen atoms in total. The van der Waals surface area contributed by atoms with Gasteiger partial charge >= 0.3 is 0 Å². The maximum atomic E-state index is 12.6. The number of hydrogen-bond donors (Lipinski definition) is 1. The van der Waals surface area contributed by atoms with Crippen LogP contribution in [0.3, 0.4) is 0 Å². The van der Waals surface area contributed by atoms with Crippen LogP contribution in [-0.4, -0.2) is 37.0 Å². The lowest BCUT2D eigenvalue weighted by Crippen LogP contribution is -3.15. The first-order valence-electron chi connectivity index (χ1n) is 9.20. The summed E-state index contributed by atoms with van der Waals surface area (Å²) in [7, 11) is 0. The van der Waals surface area contributed by atoms with Crippen LogP contribution >= 0.6 is 0 Å². The van der Waals surface area contributed by atoms with Crippen molar-refractivity contribution >= 4 is 5.91 Å². The van der Waals surface area contributed by atoms with Crippen molar-refractivity contribution in [3.8, 4) is 0 Å². The second-order valence-corrected chi connectivity index (χ2v) is 7.95. The molecule has 0 radical (unpaired) electrons. The fourth-order valence-corrected chi connectivity index (χ4v) is 3.71. The molecule has 0 unspecified atom stereocenters. The van der Waals surface area contributed by atoms with E-state index in [1.165, 1.54) is 16.0 Å². The second-order valence-electron chi connectivity index (χ2n) is 7.95. The molecule has 0 spiro atoms. The zero-order chi connectivity index (χ0) is 17.9. The lowest BCUT2D eigenvalue weighted by atomic mass is 9.93. The molecule has 2 aromatic rings. The first-order chi connectivity index (χ1) is 12.0. The number of rotatable bonds is 3. The monoisotopic (exact) mass is 337 g/mol. The Balaban J connectivity index is 1.79. The molecule has 1 N–H and O–H groups in total. The summed E-state index contributed by atoms with van der Waals surface area (Å²) in [6.45, 7) is 9.65. The van der Waals surface area contributed by atoms with Gasteiger partial charge in [-0.2, -0.15) is 0 Å². The molecule has 0 atom stereocenters. The van der Waals surface area contributed by atoms with Gasteiger partial charge in [0.25, 0.3) is 0 Å². The van der Waals surface area contributed by atoms with E-state index in [0.717, 1.165) is 26.2 Å². The topological polar surface area (TPSA) is 24.8 Å². The lowest BCUT2D eigenvalue weighted by Gasteiger charge is -2.39. The molecule has 1 aliphatic rings. The van der Waals surface area contributed by atoms with Crippen LogP contribution in [0.25, 0.3) is 0 Å². The second kappa shape index (κ2) is 7.40. The van der Waals surface area contributed by atoms with Crippen molar-refractivity contribution in [2.75, 3.05) is 26.2 Å². The Kier molecular flexibility index (Phi) is 5.24. The molecule has 3 rings (SSSR count). The number of nitrogens with zero attached hydrogens (tertiary/aromatic N) is 1. The zero-order valence-corrected chi connectivity index (χ0v) is 15.5. The molecule has 0 aliphatic carbocycles. The van der Waals surface area contributed by atoms with Gasteiger partial charge in [-0.25, -0.2) is 0 Å². The third-order valence-corrected chi connectivity index (χ3v) is 5.01. The Bertz CT molecular complexity index is 643. The van der Waals surface area contributed by atoms with Crippen LogP contribution in [-0.2, 0) is 4.79 Å². The number of quaternary nitrogens is 1. The quantitative estimate of drug-likeness (QED) is 0.915. The van der Waals surface area contributed by atoms with Crippen LogP contribution in [0.4, 0.5) is 0 Å². The van der Waals surface area contributed by atoms with E-state index < -0.39 is 0 Å². The number of piperazine rings is 1. The molecule has 1 saturated heterocycles. The van der Waals surface area contributed by atoms with E-state index in [0.29, 0.717) is 6.04 Å². The number of carbonyl (C=O) groups is 1. The summed E-state index contributed by atoms with van der Waals surface area (Å²) in [5.74, 6) is 0.266. The number of amides is 1. The highest BCUT2D eigenvalue weighted by molar-refractivity contribution is 5.81. The minimum absolute atomic E-state index is 0.266. The third-order valence-electron chi connectivity index (χ3n) is 5.01. The molecule has 0 saturated carbocycles. The minimum Gasteiger partial charge on any atom is -0.331 e. The Morgan fingerprint density at radius 1 is 0.880 bits per heavy atom. The predicted molar refractivity (Wildman–Crippen MR) is 101 cm³/mol. The first kappa shape index (κ1) is 17.7. The molecule has 1 aliphatic heterocycles. The SMILES string of the molecule is CC(C)(C)C(=O)N1CC[NH+](C(c2ccccc2)c2ccccc2)CC1. The summed E-state index contributed by atoms with van der Waals surface area (Å²) in [6, 6.07) is 21.8. The summed E-state index contributed by atoms with van der Waals surface area (Å²) in [5, 5.41) is 0. The van der Waals surface area contributed by atoms with E-state index in [4.69, 9.17) is 0 Å². The van der Waals surface area contributed by atoms with Crippen molar-refractivity contribution in [2.24, 2.45) is 5.41 Å². The highest BCUT2D eigenvalue weighted by Gasteiger charge is 2.34. The number of carbonyl (C=O) groups excluding carboxylic acids is 1. The van der Waals surface area contributed by atoms with E-state index in [9.17, 15) is 4.79 Å². The minimum atomic E-state index is -0.296. The maximum Gasteiger partial charge on any atom is 0.228 e. The van der Waals surface area contributed by atoms with Gasteiger partial charge < -0.3 is 9.80 Å². The fourth-order valence-electron chi connectivity index (χ4n) is 3.71. The van der Waals surface area contributed by atoms with Gasteiger partial charge in [0.1, 0.15) is 6.04 Å². The lowest BCUT2D eigenvalue weighted by molar-refractivity contribution is -0.929. The fraction of sp³-hybridized carbons (Fsp3) is 0.409. The van der Waals surface area contributed by atoms with E-state index in [1.54, 1.807) is 0 Å². The Morgan fingerprint density at radius 3 is 1.72 bits per heavy atom. The van der Waals surface area contributed by atoms with Crippen molar-refractivity contribution in [1.29, 1.82) is 0 Å². The Labute approximate surface area is 151 Å². The van der Waals surface area contributed by atoms with Crippen LogP contribution in [0.5, 0.6) is 0 Å². The van der Waals surface area contributed by atoms with Crippen molar-refractivity contribution in [2.45, 2.75) is 26.8 Å². The van der Waals surface area contributed by atoms with Gasteiger partial charge in [-0.3, -0.25) is 4.79 Å². The third kappa shape index (κ3) is 4.10. The van der Waals surface area contributed by atoms with Crippen molar-refractivity contribution in [3.63, 3.8) is 0 Å². The van der Waals surface area contributed by atoms with Crippen LogP contribution in [0.15, 0.2) is 60.7 Å². The average molecular weight is 337 g/mol. The van der Waals surface area contributed by atoms with Gasteiger partial charge in [-0.15, -0.1) is 0 Å². The maximum absolute atomic E-state index is 12.6. The largest absolute Gasteiger partial charge is 0.331 e. The van der Waals surface area contributed by atoms with E-state index in [-0.39, 0.29) is 11.3 Å². The van der Waals surface area contributed by atoms with Crippen molar-refractivity contribution in [1.82, 2.24) is 4.90 Å².